The zero-order valence-corrected chi connectivity index (χ0v) is 15.8. The van der Waals surface area contributed by atoms with Crippen molar-refractivity contribution in [2.75, 3.05) is 32.8 Å². The van der Waals surface area contributed by atoms with Crippen molar-refractivity contribution in [2.24, 2.45) is 5.92 Å². The van der Waals surface area contributed by atoms with E-state index in [1.807, 2.05) is 54.0 Å². The van der Waals surface area contributed by atoms with E-state index in [2.05, 4.69) is 0 Å². The highest BCUT2D eigenvalue weighted by Gasteiger charge is 2.29. The van der Waals surface area contributed by atoms with Crippen molar-refractivity contribution >= 4 is 11.9 Å². The van der Waals surface area contributed by atoms with Crippen LogP contribution >= 0.6 is 0 Å². The molecule has 1 aliphatic heterocycles. The number of hydrogen-bond acceptors (Lipinski definition) is 4. The zero-order valence-electron chi connectivity index (χ0n) is 15.8. The Morgan fingerprint density at radius 2 is 1.92 bits per heavy atom. The molecule has 6 nitrogen and oxygen atoms in total. The maximum atomic E-state index is 12.6. The fourth-order valence-electron chi connectivity index (χ4n) is 3.43. The van der Waals surface area contributed by atoms with Gasteiger partial charge in [-0.2, -0.15) is 0 Å². The number of ether oxygens (including phenoxy) is 1. The first-order valence-corrected chi connectivity index (χ1v) is 9.43. The van der Waals surface area contributed by atoms with Crippen LogP contribution in [0.1, 0.15) is 33.1 Å². The lowest BCUT2D eigenvalue weighted by Gasteiger charge is -2.38. The number of carbonyl (C=O) groups is 2. The molecule has 0 spiro atoms. The molecular formula is C20H30N2O4. The van der Waals surface area contributed by atoms with Crippen LogP contribution in [-0.2, 0) is 9.59 Å². The highest BCUT2D eigenvalue weighted by atomic mass is 16.5. The summed E-state index contributed by atoms with van der Waals surface area (Å²) in [7, 11) is 0. The van der Waals surface area contributed by atoms with Crippen LogP contribution < -0.4 is 4.74 Å². The lowest BCUT2D eigenvalue weighted by Crippen LogP contribution is -2.49. The first-order chi connectivity index (χ1) is 12.5. The first kappa shape index (κ1) is 20.2. The predicted octanol–water partition coefficient (Wildman–Crippen LogP) is 2.49. The second-order valence-corrected chi connectivity index (χ2v) is 6.86. The molecule has 1 unspecified atom stereocenters. The summed E-state index contributed by atoms with van der Waals surface area (Å²) in [4.78, 5) is 27.5. The molecular weight excluding hydrogens is 332 g/mol. The van der Waals surface area contributed by atoms with Gasteiger partial charge in [0, 0.05) is 25.0 Å². The Morgan fingerprint density at radius 1 is 1.27 bits per heavy atom. The minimum atomic E-state index is -0.794. The maximum Gasteiger partial charge on any atom is 0.317 e. The topological polar surface area (TPSA) is 70.1 Å². The number of hydrogen-bond donors (Lipinski definition) is 1. The summed E-state index contributed by atoms with van der Waals surface area (Å²) in [5.41, 5.74) is 0. The Bertz CT molecular complexity index is 570. The van der Waals surface area contributed by atoms with Crippen LogP contribution in [0.15, 0.2) is 30.3 Å². The Balaban J connectivity index is 1.73. The second kappa shape index (κ2) is 10.2. The summed E-state index contributed by atoms with van der Waals surface area (Å²) >= 11 is 0. The van der Waals surface area contributed by atoms with Crippen molar-refractivity contribution in [3.8, 4) is 5.75 Å². The Labute approximate surface area is 155 Å². The third kappa shape index (κ3) is 6.02. The molecule has 0 saturated carbocycles. The SMILES string of the molecule is CCN(CC(=O)O)C1CCN(C(=O)C(C)CCOc2ccccc2)CC1. The average molecular weight is 362 g/mol. The van der Waals surface area contributed by atoms with Crippen molar-refractivity contribution in [2.45, 2.75) is 39.2 Å². The van der Waals surface area contributed by atoms with Gasteiger partial charge in [0.05, 0.1) is 13.2 Å². The lowest BCUT2D eigenvalue weighted by atomic mass is 10.00. The van der Waals surface area contributed by atoms with Crippen LogP contribution in [0.2, 0.25) is 0 Å². The molecule has 1 aliphatic rings. The van der Waals surface area contributed by atoms with E-state index in [9.17, 15) is 9.59 Å². The van der Waals surface area contributed by atoms with E-state index in [1.165, 1.54) is 0 Å². The summed E-state index contributed by atoms with van der Waals surface area (Å²) in [6, 6.07) is 9.87. The van der Waals surface area contributed by atoms with Crippen molar-refractivity contribution in [3.05, 3.63) is 30.3 Å². The third-order valence-electron chi connectivity index (χ3n) is 5.02. The van der Waals surface area contributed by atoms with Crippen molar-refractivity contribution in [1.82, 2.24) is 9.80 Å². The summed E-state index contributed by atoms with van der Waals surface area (Å²) in [5.74, 6) is 0.126. The van der Waals surface area contributed by atoms with Gasteiger partial charge < -0.3 is 14.7 Å². The van der Waals surface area contributed by atoms with Crippen LogP contribution in [0, 0.1) is 5.92 Å². The van der Waals surface area contributed by atoms with Crippen LogP contribution in [0.25, 0.3) is 0 Å². The molecule has 1 atom stereocenters. The molecule has 1 aromatic rings. The molecule has 0 bridgehead atoms. The largest absolute Gasteiger partial charge is 0.494 e. The Hall–Kier alpha value is -2.08. The molecule has 0 aliphatic carbocycles. The van der Waals surface area contributed by atoms with Gasteiger partial charge in [-0.25, -0.2) is 0 Å². The van der Waals surface area contributed by atoms with Gasteiger partial charge in [0.1, 0.15) is 5.75 Å². The number of likely N-dealkylation sites (N-methyl/N-ethyl adjacent to an activating group) is 1. The average Bonchev–Trinajstić information content (AvgIpc) is 2.66. The Kier molecular flexibility index (Phi) is 7.91. The summed E-state index contributed by atoms with van der Waals surface area (Å²) in [6.45, 7) is 6.64. The molecule has 2 rings (SSSR count). The van der Waals surface area contributed by atoms with Crippen LogP contribution in [-0.4, -0.2) is 65.6 Å². The van der Waals surface area contributed by atoms with Gasteiger partial charge in [0.25, 0.3) is 0 Å². The van der Waals surface area contributed by atoms with Crippen LogP contribution in [0.4, 0.5) is 0 Å². The highest BCUT2D eigenvalue weighted by molar-refractivity contribution is 5.78. The number of rotatable bonds is 9. The molecule has 1 fully saturated rings. The number of carboxylic acids is 1. The van der Waals surface area contributed by atoms with E-state index < -0.39 is 5.97 Å². The second-order valence-electron chi connectivity index (χ2n) is 6.86. The third-order valence-corrected chi connectivity index (χ3v) is 5.02. The standard InChI is InChI=1S/C20H30N2O4/c1-3-21(15-19(23)24)17-9-12-22(13-10-17)20(25)16(2)11-14-26-18-7-5-4-6-8-18/h4-8,16-17H,3,9-15H2,1-2H3,(H,23,24). The van der Waals surface area contributed by atoms with Gasteiger partial charge in [-0.1, -0.05) is 32.0 Å². The smallest absolute Gasteiger partial charge is 0.317 e. The van der Waals surface area contributed by atoms with Gasteiger partial charge in [0.2, 0.25) is 5.91 Å². The van der Waals surface area contributed by atoms with E-state index in [1.54, 1.807) is 0 Å². The number of likely N-dealkylation sites (tertiary alicyclic amines) is 1. The number of carboxylic acid groups (broad SMARTS) is 1. The van der Waals surface area contributed by atoms with Gasteiger partial charge >= 0.3 is 5.97 Å². The number of aliphatic carboxylic acids is 1. The molecule has 0 radical (unpaired) electrons. The summed E-state index contributed by atoms with van der Waals surface area (Å²) in [5, 5.41) is 9.01. The Morgan fingerprint density at radius 3 is 2.50 bits per heavy atom. The molecule has 1 aromatic carbocycles. The molecule has 1 N–H and O–H groups in total. The molecule has 144 valence electrons. The van der Waals surface area contributed by atoms with Crippen molar-refractivity contribution in [1.29, 1.82) is 0 Å². The van der Waals surface area contributed by atoms with E-state index in [4.69, 9.17) is 9.84 Å². The zero-order chi connectivity index (χ0) is 18.9. The minimum absolute atomic E-state index is 0.0718. The number of amides is 1. The number of benzene rings is 1. The maximum absolute atomic E-state index is 12.6. The molecule has 1 amide bonds. The van der Waals surface area contributed by atoms with E-state index in [0.29, 0.717) is 26.1 Å². The first-order valence-electron chi connectivity index (χ1n) is 9.43. The molecule has 1 saturated heterocycles. The van der Waals surface area contributed by atoms with Crippen molar-refractivity contribution < 1.29 is 19.4 Å². The monoisotopic (exact) mass is 362 g/mol. The van der Waals surface area contributed by atoms with Crippen LogP contribution in [0.5, 0.6) is 5.75 Å². The van der Waals surface area contributed by atoms with E-state index >= 15 is 0 Å². The summed E-state index contributed by atoms with van der Waals surface area (Å²) in [6.07, 6.45) is 2.36. The van der Waals surface area contributed by atoms with E-state index in [0.717, 1.165) is 25.1 Å². The number of nitrogens with zero attached hydrogens (tertiary/aromatic N) is 2. The fourth-order valence-corrected chi connectivity index (χ4v) is 3.43. The fraction of sp³-hybridized carbons (Fsp3) is 0.600. The van der Waals surface area contributed by atoms with Gasteiger partial charge in [-0.15, -0.1) is 0 Å². The number of piperidine rings is 1. The minimum Gasteiger partial charge on any atom is -0.494 e. The van der Waals surface area contributed by atoms with Gasteiger partial charge in [0.15, 0.2) is 0 Å². The van der Waals surface area contributed by atoms with Gasteiger partial charge in [-0.3, -0.25) is 14.5 Å². The van der Waals surface area contributed by atoms with Gasteiger partial charge in [-0.05, 0) is 37.9 Å². The number of para-hydroxylation sites is 1. The van der Waals surface area contributed by atoms with E-state index in [-0.39, 0.29) is 24.4 Å². The normalized spacial score (nSPS) is 16.5. The molecule has 6 heteroatoms. The summed E-state index contributed by atoms with van der Waals surface area (Å²) < 4.78 is 5.68. The van der Waals surface area contributed by atoms with Crippen molar-refractivity contribution in [3.63, 3.8) is 0 Å². The molecule has 26 heavy (non-hydrogen) atoms. The lowest BCUT2D eigenvalue weighted by molar-refractivity contribution is -0.141. The highest BCUT2D eigenvalue weighted by Crippen LogP contribution is 2.19. The predicted molar refractivity (Wildman–Crippen MR) is 100 cm³/mol. The molecule has 1 heterocycles. The van der Waals surface area contributed by atoms with Crippen LogP contribution in [0.3, 0.4) is 0 Å². The number of carbonyl (C=O) groups excluding carboxylic acids is 1. The molecule has 0 aromatic heterocycles. The quantitative estimate of drug-likeness (QED) is 0.731.